The van der Waals surface area contributed by atoms with Crippen LogP contribution in [0.15, 0.2) is 48.5 Å². The van der Waals surface area contributed by atoms with Crippen LogP contribution in [0.3, 0.4) is 0 Å². The summed E-state index contributed by atoms with van der Waals surface area (Å²) in [6, 6.07) is 11.8. The lowest BCUT2D eigenvalue weighted by Gasteiger charge is -2.22. The van der Waals surface area contributed by atoms with E-state index < -0.39 is 11.6 Å². The number of nitrogens with zero attached hydrogens (tertiary/aromatic N) is 2. The predicted molar refractivity (Wildman–Crippen MR) is 93.6 cm³/mol. The molecule has 3 rings (SSSR count). The van der Waals surface area contributed by atoms with Gasteiger partial charge in [0, 0.05) is 31.7 Å². The first-order valence-corrected chi connectivity index (χ1v) is 8.60. The van der Waals surface area contributed by atoms with Gasteiger partial charge in [-0.1, -0.05) is 24.3 Å². The van der Waals surface area contributed by atoms with E-state index in [1.165, 1.54) is 24.3 Å². The lowest BCUT2D eigenvalue weighted by atomic mass is 10.1. The molecule has 4 nitrogen and oxygen atoms in total. The highest BCUT2D eigenvalue weighted by molar-refractivity contribution is 5.94. The molecule has 1 aliphatic rings. The van der Waals surface area contributed by atoms with E-state index in [0.29, 0.717) is 43.7 Å². The summed E-state index contributed by atoms with van der Waals surface area (Å²) < 4.78 is 27.1. The van der Waals surface area contributed by atoms with Crippen molar-refractivity contribution in [2.75, 3.05) is 26.2 Å². The molecule has 1 fully saturated rings. The highest BCUT2D eigenvalue weighted by Crippen LogP contribution is 2.13. The Morgan fingerprint density at radius 3 is 2.38 bits per heavy atom. The number of rotatable bonds is 3. The minimum absolute atomic E-state index is 0.00448. The molecule has 1 aliphatic heterocycles. The summed E-state index contributed by atoms with van der Waals surface area (Å²) in [4.78, 5) is 28.3. The van der Waals surface area contributed by atoms with Gasteiger partial charge in [-0.3, -0.25) is 9.59 Å². The molecule has 0 N–H and O–H groups in total. The normalized spacial score (nSPS) is 14.8. The predicted octanol–water partition coefficient (Wildman–Crippen LogP) is 2.88. The number of carbonyl (C=O) groups excluding carboxylic acids is 2. The number of amides is 2. The SMILES string of the molecule is O=C(Cc1ccccc1F)N1CCCN(C(=O)c2cccc(F)c2)CC1. The Kier molecular flexibility index (Phi) is 5.61. The van der Waals surface area contributed by atoms with Crippen molar-refractivity contribution in [3.05, 3.63) is 71.3 Å². The first-order chi connectivity index (χ1) is 12.5. The standard InChI is InChI=1S/C20H20F2N2O2/c21-17-7-3-6-16(13-17)20(26)24-10-4-9-23(11-12-24)19(25)14-15-5-1-2-8-18(15)22/h1-3,5-8,13H,4,9-12,14H2. The Morgan fingerprint density at radius 1 is 0.885 bits per heavy atom. The van der Waals surface area contributed by atoms with E-state index in [0.717, 1.165) is 0 Å². The highest BCUT2D eigenvalue weighted by atomic mass is 19.1. The van der Waals surface area contributed by atoms with Crippen molar-refractivity contribution in [3.8, 4) is 0 Å². The second-order valence-electron chi connectivity index (χ2n) is 6.31. The highest BCUT2D eigenvalue weighted by Gasteiger charge is 2.23. The Morgan fingerprint density at radius 2 is 1.62 bits per heavy atom. The summed E-state index contributed by atoms with van der Waals surface area (Å²) in [5.74, 6) is -1.24. The molecule has 2 aromatic rings. The summed E-state index contributed by atoms with van der Waals surface area (Å²) in [7, 11) is 0. The van der Waals surface area contributed by atoms with Crippen LogP contribution in [0.2, 0.25) is 0 Å². The third-order valence-electron chi connectivity index (χ3n) is 4.51. The number of benzene rings is 2. The zero-order valence-electron chi connectivity index (χ0n) is 14.3. The van der Waals surface area contributed by atoms with E-state index in [9.17, 15) is 18.4 Å². The summed E-state index contributed by atoms with van der Waals surface area (Å²) in [6.07, 6.45) is 0.634. The largest absolute Gasteiger partial charge is 0.341 e. The lowest BCUT2D eigenvalue weighted by molar-refractivity contribution is -0.130. The van der Waals surface area contributed by atoms with E-state index in [1.807, 2.05) is 0 Å². The molecule has 1 saturated heterocycles. The minimum Gasteiger partial charge on any atom is -0.341 e. The molecular weight excluding hydrogens is 338 g/mol. The fourth-order valence-electron chi connectivity index (χ4n) is 3.09. The Hall–Kier alpha value is -2.76. The third-order valence-corrected chi connectivity index (χ3v) is 4.51. The molecule has 2 aromatic carbocycles. The van der Waals surface area contributed by atoms with E-state index in [1.54, 1.807) is 34.1 Å². The van der Waals surface area contributed by atoms with Gasteiger partial charge in [0.25, 0.3) is 5.91 Å². The van der Waals surface area contributed by atoms with Crippen LogP contribution in [0.1, 0.15) is 22.3 Å². The van der Waals surface area contributed by atoms with E-state index in [2.05, 4.69) is 0 Å². The zero-order chi connectivity index (χ0) is 18.5. The molecule has 0 aromatic heterocycles. The summed E-state index contributed by atoms with van der Waals surface area (Å²) in [6.45, 7) is 1.77. The molecule has 0 saturated carbocycles. The number of carbonyl (C=O) groups is 2. The van der Waals surface area contributed by atoms with Gasteiger partial charge in [-0.25, -0.2) is 8.78 Å². The van der Waals surface area contributed by atoms with Crippen molar-refractivity contribution in [1.82, 2.24) is 9.80 Å². The first kappa shape index (κ1) is 18.0. The fraction of sp³-hybridized carbons (Fsp3) is 0.300. The fourth-order valence-corrected chi connectivity index (χ4v) is 3.09. The van der Waals surface area contributed by atoms with Crippen molar-refractivity contribution >= 4 is 11.8 Å². The van der Waals surface area contributed by atoms with Gasteiger partial charge in [-0.2, -0.15) is 0 Å². The van der Waals surface area contributed by atoms with Gasteiger partial charge < -0.3 is 9.80 Å². The Labute approximate surface area is 151 Å². The maximum absolute atomic E-state index is 13.7. The molecule has 0 aliphatic carbocycles. The zero-order valence-corrected chi connectivity index (χ0v) is 14.3. The topological polar surface area (TPSA) is 40.6 Å². The average Bonchev–Trinajstić information content (AvgIpc) is 2.89. The van der Waals surface area contributed by atoms with Crippen molar-refractivity contribution in [1.29, 1.82) is 0 Å². The van der Waals surface area contributed by atoms with Gasteiger partial charge in [0.15, 0.2) is 0 Å². The van der Waals surface area contributed by atoms with E-state index in [-0.39, 0.29) is 18.2 Å². The van der Waals surface area contributed by atoms with Crippen molar-refractivity contribution in [3.63, 3.8) is 0 Å². The molecule has 0 radical (unpaired) electrons. The molecular formula is C20H20F2N2O2. The van der Waals surface area contributed by atoms with Crippen molar-refractivity contribution in [2.24, 2.45) is 0 Å². The van der Waals surface area contributed by atoms with Crippen LogP contribution >= 0.6 is 0 Å². The Balaban J connectivity index is 1.62. The van der Waals surface area contributed by atoms with E-state index >= 15 is 0 Å². The average molecular weight is 358 g/mol. The first-order valence-electron chi connectivity index (χ1n) is 8.60. The van der Waals surface area contributed by atoms with E-state index in [4.69, 9.17) is 0 Å². The quantitative estimate of drug-likeness (QED) is 0.847. The molecule has 0 spiro atoms. The van der Waals surface area contributed by atoms with Gasteiger partial charge in [-0.05, 0) is 36.2 Å². The molecule has 2 amide bonds. The van der Waals surface area contributed by atoms with Gasteiger partial charge in [-0.15, -0.1) is 0 Å². The van der Waals surface area contributed by atoms with Crippen LogP contribution in [0.4, 0.5) is 8.78 Å². The lowest BCUT2D eigenvalue weighted by Crippen LogP contribution is -2.38. The van der Waals surface area contributed by atoms with Crippen LogP contribution in [0, 0.1) is 11.6 Å². The molecule has 26 heavy (non-hydrogen) atoms. The Bertz CT molecular complexity index is 810. The summed E-state index contributed by atoms with van der Waals surface area (Å²) in [5, 5.41) is 0. The van der Waals surface area contributed by atoms with Crippen LogP contribution in [0.5, 0.6) is 0 Å². The van der Waals surface area contributed by atoms with Gasteiger partial charge >= 0.3 is 0 Å². The molecule has 0 bridgehead atoms. The molecule has 0 unspecified atom stereocenters. The summed E-state index contributed by atoms with van der Waals surface area (Å²) in [5.41, 5.74) is 0.672. The van der Waals surface area contributed by atoms with Gasteiger partial charge in [0.1, 0.15) is 11.6 Å². The third kappa shape index (κ3) is 4.25. The van der Waals surface area contributed by atoms with Gasteiger partial charge in [0.2, 0.25) is 5.91 Å². The van der Waals surface area contributed by atoms with Crippen LogP contribution < -0.4 is 0 Å². The smallest absolute Gasteiger partial charge is 0.254 e. The van der Waals surface area contributed by atoms with Crippen LogP contribution in [-0.4, -0.2) is 47.8 Å². The van der Waals surface area contributed by atoms with Crippen LogP contribution in [-0.2, 0) is 11.2 Å². The number of hydrogen-bond donors (Lipinski definition) is 0. The van der Waals surface area contributed by atoms with Crippen molar-refractivity contribution < 1.29 is 18.4 Å². The number of hydrogen-bond acceptors (Lipinski definition) is 2. The minimum atomic E-state index is -0.452. The van der Waals surface area contributed by atoms with Gasteiger partial charge in [0.05, 0.1) is 6.42 Å². The summed E-state index contributed by atoms with van der Waals surface area (Å²) >= 11 is 0. The van der Waals surface area contributed by atoms with Crippen molar-refractivity contribution in [2.45, 2.75) is 12.8 Å². The monoisotopic (exact) mass is 358 g/mol. The van der Waals surface area contributed by atoms with Crippen LogP contribution in [0.25, 0.3) is 0 Å². The maximum Gasteiger partial charge on any atom is 0.254 e. The molecule has 136 valence electrons. The second-order valence-corrected chi connectivity index (χ2v) is 6.31. The second kappa shape index (κ2) is 8.08. The maximum atomic E-state index is 13.7. The molecule has 0 atom stereocenters. The molecule has 6 heteroatoms. The number of halogens is 2. The molecule has 1 heterocycles.